The first-order chi connectivity index (χ1) is 19.6. The van der Waals surface area contributed by atoms with Gasteiger partial charge in [-0.3, -0.25) is 14.4 Å². The second kappa shape index (κ2) is 10.3. The Labute approximate surface area is 243 Å². The van der Waals surface area contributed by atoms with Crippen molar-refractivity contribution in [1.29, 1.82) is 0 Å². The summed E-state index contributed by atoms with van der Waals surface area (Å²) in [5, 5.41) is 34.7. The Balaban J connectivity index is 1.83. The first-order valence-electron chi connectivity index (χ1n) is 14.1. The van der Waals surface area contributed by atoms with Gasteiger partial charge in [0, 0.05) is 26.2 Å². The molecule has 1 heterocycles. The largest absolute Gasteiger partial charge is 0.458 e. The minimum atomic E-state index is -1.82. The summed E-state index contributed by atoms with van der Waals surface area (Å²) < 4.78 is 23.6. The van der Waals surface area contributed by atoms with E-state index in [-0.39, 0.29) is 29.7 Å². The SMILES string of the molecule is CC(=O)O[C@H]1C(=O)[C@@]2(C)[C@H]([C@H](OC(=O)c3ccccc3)C3[C@@H](O)[C@H](O)C(C)=C1C3(C)C)[C@]1(OC(C)=O)CO[C@@H]1C[C@@H]2O. The Morgan fingerprint density at radius 2 is 1.62 bits per heavy atom. The van der Waals surface area contributed by atoms with E-state index in [1.165, 1.54) is 13.8 Å². The Hall–Kier alpha value is -3.12. The number of benzene rings is 1. The number of carbonyl (C=O) groups is 4. The van der Waals surface area contributed by atoms with Gasteiger partial charge in [-0.1, -0.05) is 32.0 Å². The third kappa shape index (κ3) is 4.24. The van der Waals surface area contributed by atoms with Crippen LogP contribution in [0.25, 0.3) is 0 Å². The fourth-order valence-corrected chi connectivity index (χ4v) is 8.13. The number of ether oxygens (including phenoxy) is 4. The lowest BCUT2D eigenvalue weighted by atomic mass is 9.45. The van der Waals surface area contributed by atoms with Gasteiger partial charge in [0.25, 0.3) is 0 Å². The number of carbonyl (C=O) groups excluding carboxylic acids is 4. The van der Waals surface area contributed by atoms with E-state index in [9.17, 15) is 34.5 Å². The highest BCUT2D eigenvalue weighted by molar-refractivity contribution is 5.95. The van der Waals surface area contributed by atoms with Crippen LogP contribution < -0.4 is 0 Å². The van der Waals surface area contributed by atoms with Crippen molar-refractivity contribution >= 4 is 23.7 Å². The minimum absolute atomic E-state index is 0.0879. The number of Topliss-reactive ketones (excluding diaryl/α,β-unsaturated/α-hetero) is 1. The molecule has 1 aromatic carbocycles. The summed E-state index contributed by atoms with van der Waals surface area (Å²) in [6.45, 7) is 8.65. The van der Waals surface area contributed by atoms with Gasteiger partial charge in [-0.25, -0.2) is 4.79 Å². The number of aliphatic hydroxyl groups is 3. The lowest BCUT2D eigenvalue weighted by Crippen LogP contribution is -2.80. The molecule has 3 N–H and O–H groups in total. The maximum absolute atomic E-state index is 14.8. The molecule has 10 atom stereocenters. The first-order valence-corrected chi connectivity index (χ1v) is 14.1. The van der Waals surface area contributed by atoms with Crippen molar-refractivity contribution < 1.29 is 53.4 Å². The molecular formula is C31H38O11. The van der Waals surface area contributed by atoms with Gasteiger partial charge in [0.2, 0.25) is 0 Å². The van der Waals surface area contributed by atoms with Gasteiger partial charge in [-0.2, -0.15) is 0 Å². The van der Waals surface area contributed by atoms with Crippen molar-refractivity contribution in [2.75, 3.05) is 6.61 Å². The third-order valence-electron chi connectivity index (χ3n) is 10.0. The van der Waals surface area contributed by atoms with Gasteiger partial charge in [-0.15, -0.1) is 0 Å². The van der Waals surface area contributed by atoms with E-state index < -0.39 is 88.6 Å². The quantitative estimate of drug-likeness (QED) is 0.266. The smallest absolute Gasteiger partial charge is 0.338 e. The summed E-state index contributed by atoms with van der Waals surface area (Å²) >= 11 is 0. The molecule has 2 bridgehead atoms. The molecule has 5 rings (SSSR count). The van der Waals surface area contributed by atoms with Gasteiger partial charge < -0.3 is 34.3 Å². The molecule has 1 aliphatic heterocycles. The van der Waals surface area contributed by atoms with Crippen molar-refractivity contribution in [3.05, 3.63) is 47.0 Å². The van der Waals surface area contributed by atoms with Crippen molar-refractivity contribution in [3.8, 4) is 0 Å². The Kier molecular flexibility index (Phi) is 7.41. The second-order valence-corrected chi connectivity index (χ2v) is 12.7. The van der Waals surface area contributed by atoms with Crippen LogP contribution in [0.3, 0.4) is 0 Å². The molecule has 1 unspecified atom stereocenters. The highest BCUT2D eigenvalue weighted by atomic mass is 16.6. The lowest BCUT2D eigenvalue weighted by molar-refractivity contribution is -0.337. The highest BCUT2D eigenvalue weighted by Crippen LogP contribution is 2.63. The highest BCUT2D eigenvalue weighted by Gasteiger charge is 2.76. The van der Waals surface area contributed by atoms with Crippen molar-refractivity contribution in [2.24, 2.45) is 22.7 Å². The van der Waals surface area contributed by atoms with E-state index >= 15 is 0 Å². The molecule has 1 saturated heterocycles. The van der Waals surface area contributed by atoms with Gasteiger partial charge >= 0.3 is 17.9 Å². The molecule has 1 aromatic rings. The fourth-order valence-electron chi connectivity index (χ4n) is 8.13. The Morgan fingerprint density at radius 3 is 2.17 bits per heavy atom. The fraction of sp³-hybridized carbons (Fsp3) is 0.613. The van der Waals surface area contributed by atoms with Crippen LogP contribution in [0.15, 0.2) is 41.5 Å². The number of esters is 3. The number of ketones is 1. The van der Waals surface area contributed by atoms with Gasteiger partial charge in [-0.05, 0) is 42.5 Å². The van der Waals surface area contributed by atoms with Crippen LogP contribution in [0.5, 0.6) is 0 Å². The average Bonchev–Trinajstić information content (AvgIpc) is 2.91. The summed E-state index contributed by atoms with van der Waals surface area (Å²) in [5.41, 5.74) is -3.87. The predicted octanol–water partition coefficient (Wildman–Crippen LogP) is 1.51. The van der Waals surface area contributed by atoms with E-state index in [2.05, 4.69) is 0 Å². The van der Waals surface area contributed by atoms with Crippen molar-refractivity contribution in [2.45, 2.75) is 90.2 Å². The zero-order valence-electron chi connectivity index (χ0n) is 24.5. The van der Waals surface area contributed by atoms with E-state index in [1.807, 2.05) is 0 Å². The molecule has 3 fully saturated rings. The van der Waals surface area contributed by atoms with Gasteiger partial charge in [0.1, 0.15) is 18.3 Å². The zero-order chi connectivity index (χ0) is 30.9. The summed E-state index contributed by atoms with van der Waals surface area (Å²) in [7, 11) is 0. The van der Waals surface area contributed by atoms with E-state index in [1.54, 1.807) is 51.1 Å². The number of rotatable bonds is 4. The predicted molar refractivity (Wildman–Crippen MR) is 145 cm³/mol. The second-order valence-electron chi connectivity index (χ2n) is 12.7. The molecule has 11 heteroatoms. The van der Waals surface area contributed by atoms with Crippen LogP contribution in [-0.4, -0.2) is 87.8 Å². The standard InChI is InChI=1S/C31H38O11/c1-14-20-25(40-15(2)32)27(37)30(6)18(34)12-19-31(13-39-19,42-16(3)33)26(30)24(21(29(20,4)5)23(36)22(14)35)41-28(38)17-10-8-7-9-11-17/h7-11,18-19,21-26,34-36H,12-13H2,1-6H3/t18-,19+,21?,22+,23+,24+,25+,26-,30+,31-/m0/s1. The molecule has 0 spiro atoms. The topological polar surface area (TPSA) is 166 Å². The maximum atomic E-state index is 14.8. The molecule has 0 amide bonds. The Bertz CT molecular complexity index is 1340. The van der Waals surface area contributed by atoms with E-state index in [0.717, 1.165) is 6.92 Å². The molecule has 0 radical (unpaired) electrons. The summed E-state index contributed by atoms with van der Waals surface area (Å²) in [5.74, 6) is -5.28. The summed E-state index contributed by atoms with van der Waals surface area (Å²) in [6.07, 6.45) is -8.27. The van der Waals surface area contributed by atoms with Crippen LogP contribution in [0, 0.1) is 22.7 Å². The van der Waals surface area contributed by atoms with Gasteiger partial charge in [0.05, 0.1) is 35.7 Å². The monoisotopic (exact) mass is 586 g/mol. The van der Waals surface area contributed by atoms with Crippen molar-refractivity contribution in [3.63, 3.8) is 0 Å². The van der Waals surface area contributed by atoms with E-state index in [4.69, 9.17) is 18.9 Å². The van der Waals surface area contributed by atoms with Crippen LogP contribution in [0.2, 0.25) is 0 Å². The minimum Gasteiger partial charge on any atom is -0.458 e. The Morgan fingerprint density at radius 1 is 0.976 bits per heavy atom. The summed E-state index contributed by atoms with van der Waals surface area (Å²) in [4.78, 5) is 53.4. The number of aliphatic hydroxyl groups excluding tert-OH is 3. The normalized spacial score (nSPS) is 40.4. The average molecular weight is 587 g/mol. The van der Waals surface area contributed by atoms with Crippen LogP contribution >= 0.6 is 0 Å². The summed E-state index contributed by atoms with van der Waals surface area (Å²) in [6, 6.07) is 8.13. The molecule has 4 aliphatic rings. The van der Waals surface area contributed by atoms with Crippen LogP contribution in [0.1, 0.15) is 58.3 Å². The van der Waals surface area contributed by atoms with Crippen molar-refractivity contribution in [1.82, 2.24) is 0 Å². The molecule has 2 saturated carbocycles. The molecule has 3 aliphatic carbocycles. The third-order valence-corrected chi connectivity index (χ3v) is 10.0. The molecule has 228 valence electrons. The molecule has 11 nitrogen and oxygen atoms in total. The first kappa shape index (κ1) is 30.3. The number of fused-ring (bicyclic) bond motifs is 5. The lowest BCUT2D eigenvalue weighted by Gasteiger charge is -2.66. The van der Waals surface area contributed by atoms with E-state index in [0.29, 0.717) is 0 Å². The van der Waals surface area contributed by atoms with Crippen LogP contribution in [-0.2, 0) is 33.3 Å². The number of hydrogen-bond acceptors (Lipinski definition) is 11. The molecule has 42 heavy (non-hydrogen) atoms. The van der Waals surface area contributed by atoms with Crippen LogP contribution in [0.4, 0.5) is 0 Å². The molecule has 0 aromatic heterocycles. The number of hydrogen-bond donors (Lipinski definition) is 3. The molecular weight excluding hydrogens is 548 g/mol. The van der Waals surface area contributed by atoms with Gasteiger partial charge in [0.15, 0.2) is 17.5 Å². The maximum Gasteiger partial charge on any atom is 0.338 e. The zero-order valence-corrected chi connectivity index (χ0v) is 24.5.